The molecule has 1 heterocycles. The zero-order chi connectivity index (χ0) is 23.2. The third kappa shape index (κ3) is 13.0. The average molecular weight is 425 g/mol. The first-order valence-corrected chi connectivity index (χ1v) is 9.95. The van der Waals surface area contributed by atoms with E-state index in [1.54, 1.807) is 0 Å². The van der Waals surface area contributed by atoms with Gasteiger partial charge in [-0.1, -0.05) is 30.3 Å². The van der Waals surface area contributed by atoms with Crippen molar-refractivity contribution in [1.29, 1.82) is 10.5 Å². The van der Waals surface area contributed by atoms with Gasteiger partial charge in [0.2, 0.25) is 0 Å². The summed E-state index contributed by atoms with van der Waals surface area (Å²) in [7, 11) is 0. The molecular weight excluding hydrogens is 392 g/mol. The Hall–Kier alpha value is -3.06. The van der Waals surface area contributed by atoms with Gasteiger partial charge in [-0.25, -0.2) is 23.4 Å². The molecule has 1 aromatic rings. The highest BCUT2D eigenvalue weighted by atomic mass is 15.4. The van der Waals surface area contributed by atoms with Gasteiger partial charge in [-0.2, -0.15) is 10.5 Å². The molecule has 1 atom stereocenters. The van der Waals surface area contributed by atoms with Crippen LogP contribution in [0.3, 0.4) is 0 Å². The van der Waals surface area contributed by atoms with Crippen LogP contribution in [0.25, 0.3) is 9.69 Å². The topological polar surface area (TPSA) is 139 Å². The molecule has 0 aliphatic carbocycles. The van der Waals surface area contributed by atoms with Crippen molar-refractivity contribution < 1.29 is 0 Å². The number of hydrogen-bond acceptors (Lipinski definition) is 8. The van der Waals surface area contributed by atoms with Crippen molar-refractivity contribution in [2.45, 2.75) is 6.17 Å². The second-order valence-electron chi connectivity index (χ2n) is 6.25. The molecule has 0 bridgehead atoms. The molecular formula is C21H32N10. The van der Waals surface area contributed by atoms with Crippen molar-refractivity contribution in [1.82, 2.24) is 20.4 Å². The zero-order valence-electron chi connectivity index (χ0n) is 17.9. The number of benzene rings is 1. The van der Waals surface area contributed by atoms with Crippen LogP contribution >= 0.6 is 0 Å². The molecule has 1 unspecified atom stereocenters. The summed E-state index contributed by atoms with van der Waals surface area (Å²) < 4.78 is 0. The van der Waals surface area contributed by atoms with Gasteiger partial charge in [0.15, 0.2) is 0 Å². The van der Waals surface area contributed by atoms with Crippen LogP contribution in [0.1, 0.15) is 11.7 Å². The van der Waals surface area contributed by atoms with Gasteiger partial charge in [0.1, 0.15) is 0 Å². The molecule has 0 aromatic heterocycles. The monoisotopic (exact) mass is 424 g/mol. The zero-order valence-corrected chi connectivity index (χ0v) is 17.9. The van der Waals surface area contributed by atoms with E-state index in [1.165, 1.54) is 0 Å². The van der Waals surface area contributed by atoms with E-state index in [1.807, 2.05) is 24.3 Å². The number of rotatable bonds is 9. The molecule has 1 aliphatic heterocycles. The van der Waals surface area contributed by atoms with Gasteiger partial charge in [0, 0.05) is 39.3 Å². The minimum Gasteiger partial charge on any atom is -0.329 e. The largest absolute Gasteiger partial charge is 0.329 e. The maximum Gasteiger partial charge on any atom is 0.272 e. The predicted molar refractivity (Wildman–Crippen MR) is 121 cm³/mol. The molecule has 1 fully saturated rings. The summed E-state index contributed by atoms with van der Waals surface area (Å²) in [6.45, 7) is 19.3. The van der Waals surface area contributed by atoms with Crippen molar-refractivity contribution in [2.24, 2.45) is 11.5 Å². The Morgan fingerprint density at radius 2 is 1.61 bits per heavy atom. The van der Waals surface area contributed by atoms with Crippen LogP contribution in [0.5, 0.6) is 0 Å². The van der Waals surface area contributed by atoms with E-state index in [0.717, 1.165) is 31.7 Å². The fourth-order valence-electron chi connectivity index (χ4n) is 2.73. The summed E-state index contributed by atoms with van der Waals surface area (Å²) in [5.41, 5.74) is 11.0. The van der Waals surface area contributed by atoms with E-state index >= 15 is 0 Å². The molecule has 10 nitrogen and oxygen atoms in total. The van der Waals surface area contributed by atoms with Gasteiger partial charge < -0.3 is 16.8 Å². The number of nitriles is 2. The van der Waals surface area contributed by atoms with Crippen LogP contribution in [0.4, 0.5) is 0 Å². The Bertz CT molecular complexity index is 682. The number of hydrogen-bond donors (Lipinski definition) is 4. The Morgan fingerprint density at radius 3 is 2.16 bits per heavy atom. The second kappa shape index (κ2) is 20.2. The summed E-state index contributed by atoms with van der Waals surface area (Å²) in [5.74, 6) is 0. The van der Waals surface area contributed by atoms with Crippen molar-refractivity contribution >= 4 is 0 Å². The lowest BCUT2D eigenvalue weighted by Gasteiger charge is -2.26. The molecule has 2 rings (SSSR count). The van der Waals surface area contributed by atoms with Crippen molar-refractivity contribution in [3.63, 3.8) is 0 Å². The molecule has 10 heteroatoms. The summed E-state index contributed by atoms with van der Waals surface area (Å²) in [6, 6.07) is 14.2. The van der Waals surface area contributed by atoms with E-state index in [2.05, 4.69) is 48.3 Å². The van der Waals surface area contributed by atoms with Crippen molar-refractivity contribution in [3.8, 4) is 12.1 Å². The standard InChI is InChI=1S/C13H14N4.C6H10N4.C2H8N2/c1-15-11-17-10-9-16(8-7-14)13(17)12-5-3-2-4-6-12;1-8-6-10-5-4-9-3-2-7;3-1-2-4/h2-6,13H,8-11H2;9-10H,3-6H2;1-4H2. The van der Waals surface area contributed by atoms with Gasteiger partial charge in [0.05, 0.1) is 31.4 Å². The fraction of sp³-hybridized carbons (Fsp3) is 0.524. The highest BCUT2D eigenvalue weighted by Crippen LogP contribution is 2.29. The molecule has 0 radical (unpaired) electrons. The highest BCUT2D eigenvalue weighted by Gasteiger charge is 2.34. The van der Waals surface area contributed by atoms with Crippen LogP contribution in [0, 0.1) is 35.8 Å². The molecule has 0 spiro atoms. The van der Waals surface area contributed by atoms with E-state index in [-0.39, 0.29) is 6.17 Å². The quantitative estimate of drug-likeness (QED) is 0.250. The van der Waals surface area contributed by atoms with Crippen molar-refractivity contribution in [3.05, 3.63) is 58.7 Å². The lowest BCUT2D eigenvalue weighted by Crippen LogP contribution is -2.31. The maximum absolute atomic E-state index is 8.84. The van der Waals surface area contributed by atoms with Crippen LogP contribution in [-0.2, 0) is 0 Å². The third-order valence-electron chi connectivity index (χ3n) is 4.03. The second-order valence-corrected chi connectivity index (χ2v) is 6.25. The minimum absolute atomic E-state index is 0.0740. The first-order valence-electron chi connectivity index (χ1n) is 9.95. The summed E-state index contributed by atoms with van der Waals surface area (Å²) in [6.07, 6.45) is 0.0740. The summed E-state index contributed by atoms with van der Waals surface area (Å²) in [5, 5.41) is 22.7. The number of nitrogens with zero attached hydrogens (tertiary/aromatic N) is 6. The normalized spacial score (nSPS) is 15.1. The van der Waals surface area contributed by atoms with Crippen LogP contribution < -0.4 is 22.1 Å². The Morgan fingerprint density at radius 1 is 0.968 bits per heavy atom. The van der Waals surface area contributed by atoms with Gasteiger partial charge in [0.25, 0.3) is 13.3 Å². The molecule has 1 aromatic carbocycles. The van der Waals surface area contributed by atoms with Gasteiger partial charge in [-0.3, -0.25) is 14.6 Å². The van der Waals surface area contributed by atoms with E-state index in [9.17, 15) is 0 Å². The third-order valence-corrected chi connectivity index (χ3v) is 4.03. The van der Waals surface area contributed by atoms with Crippen molar-refractivity contribution in [2.75, 3.05) is 65.7 Å². The van der Waals surface area contributed by atoms with E-state index in [0.29, 0.717) is 39.5 Å². The lowest BCUT2D eigenvalue weighted by atomic mass is 10.1. The van der Waals surface area contributed by atoms with Crippen LogP contribution in [0.2, 0.25) is 0 Å². The summed E-state index contributed by atoms with van der Waals surface area (Å²) in [4.78, 5) is 10.8. The first kappa shape index (κ1) is 27.9. The first-order chi connectivity index (χ1) is 15.2. The number of nitrogens with one attached hydrogen (secondary N) is 2. The Labute approximate surface area is 185 Å². The Kier molecular flexibility index (Phi) is 18.2. The fourth-order valence-corrected chi connectivity index (χ4v) is 2.73. The van der Waals surface area contributed by atoms with E-state index < -0.39 is 0 Å². The molecule has 6 N–H and O–H groups in total. The number of nitrogens with two attached hydrogens (primary N) is 2. The smallest absolute Gasteiger partial charge is 0.272 e. The van der Waals surface area contributed by atoms with Crippen LogP contribution in [-0.4, -0.2) is 75.5 Å². The summed E-state index contributed by atoms with van der Waals surface area (Å²) >= 11 is 0. The minimum atomic E-state index is 0.0740. The lowest BCUT2D eigenvalue weighted by molar-refractivity contribution is 0.161. The highest BCUT2D eigenvalue weighted by molar-refractivity contribution is 5.20. The van der Waals surface area contributed by atoms with E-state index in [4.69, 9.17) is 35.1 Å². The molecule has 0 saturated carbocycles. The predicted octanol–water partition coefficient (Wildman–Crippen LogP) is 0.173. The average Bonchev–Trinajstić information content (AvgIpc) is 3.20. The van der Waals surface area contributed by atoms with Gasteiger partial charge >= 0.3 is 0 Å². The molecule has 1 saturated heterocycles. The molecule has 1 aliphatic rings. The molecule has 166 valence electrons. The Balaban J connectivity index is 0.000000548. The molecule has 31 heavy (non-hydrogen) atoms. The van der Waals surface area contributed by atoms with Gasteiger partial charge in [-0.05, 0) is 5.56 Å². The molecule has 0 amide bonds. The maximum atomic E-state index is 8.84. The van der Waals surface area contributed by atoms with Crippen LogP contribution in [0.15, 0.2) is 30.3 Å². The van der Waals surface area contributed by atoms with Gasteiger partial charge in [-0.15, -0.1) is 0 Å². The SMILES string of the molecule is NCCN.[C-]#[N+]CN1CCN(CC#N)C1c1ccccc1.[C-]#[N+]CNCCNCC#N.